The molecule has 5 heteroatoms. The largest absolute Gasteiger partial charge is 0.322 e. The first-order valence-corrected chi connectivity index (χ1v) is 6.42. The van der Waals surface area contributed by atoms with Crippen LogP contribution in [0, 0.1) is 6.92 Å². The summed E-state index contributed by atoms with van der Waals surface area (Å²) < 4.78 is 0.696. The molecule has 1 aromatic heterocycles. The molecule has 0 bridgehead atoms. The van der Waals surface area contributed by atoms with Crippen molar-refractivity contribution in [3.63, 3.8) is 0 Å². The van der Waals surface area contributed by atoms with Gasteiger partial charge >= 0.3 is 0 Å². The Morgan fingerprint density at radius 1 is 1.33 bits per heavy atom. The smallest absolute Gasteiger partial charge is 0.257 e. The van der Waals surface area contributed by atoms with Gasteiger partial charge in [-0.1, -0.05) is 11.6 Å². The third-order valence-electron chi connectivity index (χ3n) is 2.43. The summed E-state index contributed by atoms with van der Waals surface area (Å²) in [4.78, 5) is 16.0. The highest BCUT2D eigenvalue weighted by Gasteiger charge is 2.08. The van der Waals surface area contributed by atoms with Crippen molar-refractivity contribution in [2.24, 2.45) is 0 Å². The van der Waals surface area contributed by atoms with E-state index in [1.807, 2.05) is 6.92 Å². The van der Waals surface area contributed by atoms with Crippen molar-refractivity contribution in [3.05, 3.63) is 57.3 Å². The molecule has 0 fully saturated rings. The van der Waals surface area contributed by atoms with E-state index in [4.69, 9.17) is 11.6 Å². The fourth-order valence-electron chi connectivity index (χ4n) is 1.47. The summed E-state index contributed by atoms with van der Waals surface area (Å²) in [5, 5.41) is 3.47. The van der Waals surface area contributed by atoms with Gasteiger partial charge in [-0.3, -0.25) is 4.79 Å². The second-order valence-electron chi connectivity index (χ2n) is 3.78. The Labute approximate surface area is 118 Å². The first-order valence-electron chi connectivity index (χ1n) is 5.25. The van der Waals surface area contributed by atoms with Gasteiger partial charge in [-0.2, -0.15) is 0 Å². The number of aryl methyl sites for hydroxylation is 1. The summed E-state index contributed by atoms with van der Waals surface area (Å²) in [6.07, 6.45) is 1.52. The Morgan fingerprint density at radius 2 is 2.11 bits per heavy atom. The SMILES string of the molecule is Cc1cc(Cl)ccc1NC(=O)c1ccc(Br)nc1. The van der Waals surface area contributed by atoms with Crippen molar-refractivity contribution < 1.29 is 4.79 Å². The highest BCUT2D eigenvalue weighted by Crippen LogP contribution is 2.20. The van der Waals surface area contributed by atoms with Gasteiger partial charge < -0.3 is 5.32 Å². The zero-order valence-electron chi connectivity index (χ0n) is 9.58. The van der Waals surface area contributed by atoms with E-state index in [1.54, 1.807) is 30.3 Å². The van der Waals surface area contributed by atoms with Crippen LogP contribution >= 0.6 is 27.5 Å². The summed E-state index contributed by atoms with van der Waals surface area (Å²) in [7, 11) is 0. The molecule has 0 atom stereocenters. The molecule has 1 aromatic carbocycles. The standard InChI is InChI=1S/C13H10BrClN2O/c1-8-6-10(15)3-4-11(8)17-13(18)9-2-5-12(14)16-7-9/h2-7H,1H3,(H,17,18). The van der Waals surface area contributed by atoms with Crippen LogP contribution in [0.5, 0.6) is 0 Å². The molecule has 0 spiro atoms. The highest BCUT2D eigenvalue weighted by molar-refractivity contribution is 9.10. The van der Waals surface area contributed by atoms with Gasteiger partial charge in [0.05, 0.1) is 5.56 Å². The van der Waals surface area contributed by atoms with Gasteiger partial charge in [0.2, 0.25) is 0 Å². The molecule has 0 saturated heterocycles. The Bertz CT molecular complexity index is 584. The van der Waals surface area contributed by atoms with Gasteiger partial charge in [-0.05, 0) is 58.7 Å². The number of hydrogen-bond donors (Lipinski definition) is 1. The number of benzene rings is 1. The van der Waals surface area contributed by atoms with Crippen molar-refractivity contribution in [3.8, 4) is 0 Å². The van der Waals surface area contributed by atoms with Gasteiger partial charge in [0, 0.05) is 16.9 Å². The van der Waals surface area contributed by atoms with Crippen LogP contribution in [0.4, 0.5) is 5.69 Å². The van der Waals surface area contributed by atoms with E-state index in [2.05, 4.69) is 26.2 Å². The average molecular weight is 326 g/mol. The van der Waals surface area contributed by atoms with Crippen molar-refractivity contribution >= 4 is 39.1 Å². The van der Waals surface area contributed by atoms with Crippen LogP contribution in [0.25, 0.3) is 0 Å². The summed E-state index contributed by atoms with van der Waals surface area (Å²) >= 11 is 9.08. The third kappa shape index (κ3) is 3.09. The molecule has 1 N–H and O–H groups in total. The predicted molar refractivity (Wildman–Crippen MR) is 76.1 cm³/mol. The molecule has 0 aliphatic carbocycles. The molecule has 0 unspecified atom stereocenters. The quantitative estimate of drug-likeness (QED) is 0.846. The van der Waals surface area contributed by atoms with Gasteiger partial charge in [-0.15, -0.1) is 0 Å². The lowest BCUT2D eigenvalue weighted by Crippen LogP contribution is -2.12. The highest BCUT2D eigenvalue weighted by atomic mass is 79.9. The molecule has 2 rings (SSSR count). The number of hydrogen-bond acceptors (Lipinski definition) is 2. The maximum Gasteiger partial charge on any atom is 0.257 e. The van der Waals surface area contributed by atoms with Crippen LogP contribution in [-0.4, -0.2) is 10.9 Å². The first kappa shape index (κ1) is 13.1. The van der Waals surface area contributed by atoms with E-state index in [0.29, 0.717) is 15.2 Å². The van der Waals surface area contributed by atoms with Crippen molar-refractivity contribution in [1.29, 1.82) is 0 Å². The fourth-order valence-corrected chi connectivity index (χ4v) is 1.93. The average Bonchev–Trinajstić information content (AvgIpc) is 2.33. The summed E-state index contributed by atoms with van der Waals surface area (Å²) in [6.45, 7) is 1.89. The monoisotopic (exact) mass is 324 g/mol. The Kier molecular flexibility index (Phi) is 3.99. The summed E-state index contributed by atoms with van der Waals surface area (Å²) in [5.74, 6) is -0.194. The number of aromatic nitrogens is 1. The third-order valence-corrected chi connectivity index (χ3v) is 3.13. The molecular weight excluding hydrogens is 316 g/mol. The van der Waals surface area contributed by atoms with Crippen molar-refractivity contribution in [2.45, 2.75) is 6.92 Å². The number of halogens is 2. The van der Waals surface area contributed by atoms with E-state index in [-0.39, 0.29) is 5.91 Å². The van der Waals surface area contributed by atoms with E-state index in [9.17, 15) is 4.79 Å². The Morgan fingerprint density at radius 3 is 2.72 bits per heavy atom. The number of carbonyl (C=O) groups excluding carboxylic acids is 1. The topological polar surface area (TPSA) is 42.0 Å². The van der Waals surface area contributed by atoms with E-state index in [1.165, 1.54) is 6.20 Å². The van der Waals surface area contributed by atoms with Crippen LogP contribution in [-0.2, 0) is 0 Å². The predicted octanol–water partition coefficient (Wildman–Crippen LogP) is 4.06. The van der Waals surface area contributed by atoms with Crippen LogP contribution in [0.15, 0.2) is 41.1 Å². The maximum atomic E-state index is 12.0. The zero-order valence-corrected chi connectivity index (χ0v) is 11.9. The molecule has 2 aromatic rings. The number of nitrogens with zero attached hydrogens (tertiary/aromatic N) is 1. The molecule has 1 heterocycles. The second kappa shape index (κ2) is 5.50. The number of pyridine rings is 1. The Hall–Kier alpha value is -1.39. The first-order chi connectivity index (χ1) is 8.56. The second-order valence-corrected chi connectivity index (χ2v) is 5.03. The van der Waals surface area contributed by atoms with Crippen LogP contribution in [0.1, 0.15) is 15.9 Å². The molecule has 0 saturated carbocycles. The van der Waals surface area contributed by atoms with E-state index < -0.39 is 0 Å². The lowest BCUT2D eigenvalue weighted by atomic mass is 10.2. The fraction of sp³-hybridized carbons (Fsp3) is 0.0769. The maximum absolute atomic E-state index is 12.0. The number of amides is 1. The van der Waals surface area contributed by atoms with Crippen LogP contribution < -0.4 is 5.32 Å². The number of rotatable bonds is 2. The normalized spacial score (nSPS) is 10.2. The summed E-state index contributed by atoms with van der Waals surface area (Å²) in [5.41, 5.74) is 2.17. The minimum absolute atomic E-state index is 0.194. The number of anilines is 1. The van der Waals surface area contributed by atoms with Gasteiger partial charge in [0.25, 0.3) is 5.91 Å². The molecule has 92 valence electrons. The van der Waals surface area contributed by atoms with Crippen LogP contribution in [0.3, 0.4) is 0 Å². The minimum atomic E-state index is -0.194. The molecule has 0 radical (unpaired) electrons. The van der Waals surface area contributed by atoms with Gasteiger partial charge in [0.15, 0.2) is 0 Å². The van der Waals surface area contributed by atoms with Crippen LogP contribution in [0.2, 0.25) is 5.02 Å². The molecular formula is C13H10BrClN2O. The van der Waals surface area contributed by atoms with Crippen molar-refractivity contribution in [1.82, 2.24) is 4.98 Å². The molecule has 0 aliphatic rings. The summed E-state index contributed by atoms with van der Waals surface area (Å²) in [6, 6.07) is 8.75. The van der Waals surface area contributed by atoms with Gasteiger partial charge in [-0.25, -0.2) is 4.98 Å². The number of nitrogens with one attached hydrogen (secondary N) is 1. The van der Waals surface area contributed by atoms with Crippen molar-refractivity contribution in [2.75, 3.05) is 5.32 Å². The molecule has 0 aliphatic heterocycles. The van der Waals surface area contributed by atoms with E-state index in [0.717, 1.165) is 11.3 Å². The zero-order chi connectivity index (χ0) is 13.1. The molecule has 3 nitrogen and oxygen atoms in total. The lowest BCUT2D eigenvalue weighted by Gasteiger charge is -2.08. The van der Waals surface area contributed by atoms with E-state index >= 15 is 0 Å². The Balaban J connectivity index is 2.18. The number of carbonyl (C=O) groups is 1. The molecule has 18 heavy (non-hydrogen) atoms. The molecule has 1 amide bonds. The minimum Gasteiger partial charge on any atom is -0.322 e. The lowest BCUT2D eigenvalue weighted by molar-refractivity contribution is 0.102. The van der Waals surface area contributed by atoms with Gasteiger partial charge in [0.1, 0.15) is 4.60 Å².